The van der Waals surface area contributed by atoms with E-state index < -0.39 is 17.6 Å². The summed E-state index contributed by atoms with van der Waals surface area (Å²) in [7, 11) is 0. The Morgan fingerprint density at radius 1 is 1.20 bits per heavy atom. The molecule has 1 heterocycles. The van der Waals surface area contributed by atoms with Gasteiger partial charge in [0.15, 0.2) is 0 Å². The second-order valence-corrected chi connectivity index (χ2v) is 4.19. The van der Waals surface area contributed by atoms with Gasteiger partial charge in [-0.3, -0.25) is 4.79 Å². The van der Waals surface area contributed by atoms with Gasteiger partial charge < -0.3 is 15.5 Å². The summed E-state index contributed by atoms with van der Waals surface area (Å²) in [6.07, 6.45) is 1.45. The second-order valence-electron chi connectivity index (χ2n) is 3.83. The maximum atomic E-state index is 11.9. The largest absolute Gasteiger partial charge is 0.507 e. The number of rotatable bonds is 3. The van der Waals surface area contributed by atoms with Crippen LogP contribution in [-0.4, -0.2) is 27.1 Å². The molecule has 1 amide bonds. The van der Waals surface area contributed by atoms with Crippen molar-refractivity contribution in [3.63, 3.8) is 0 Å². The highest BCUT2D eigenvalue weighted by atomic mass is 35.5. The van der Waals surface area contributed by atoms with Crippen LogP contribution in [0.4, 0.5) is 5.69 Å². The van der Waals surface area contributed by atoms with Crippen molar-refractivity contribution in [2.75, 3.05) is 5.32 Å². The molecule has 0 bridgehead atoms. The van der Waals surface area contributed by atoms with E-state index in [0.29, 0.717) is 0 Å². The molecule has 2 rings (SSSR count). The van der Waals surface area contributed by atoms with Gasteiger partial charge in [0.25, 0.3) is 5.91 Å². The molecule has 20 heavy (non-hydrogen) atoms. The SMILES string of the molecule is O=C(O)c1ccc(NC(=O)c2cccnc2Cl)cc1O. The van der Waals surface area contributed by atoms with E-state index in [1.54, 1.807) is 6.07 Å². The number of carboxylic acid groups (broad SMARTS) is 1. The van der Waals surface area contributed by atoms with Crippen LogP contribution in [0, 0.1) is 0 Å². The van der Waals surface area contributed by atoms with Gasteiger partial charge in [0.1, 0.15) is 16.5 Å². The van der Waals surface area contributed by atoms with Crippen LogP contribution in [0.25, 0.3) is 0 Å². The molecule has 0 aliphatic carbocycles. The lowest BCUT2D eigenvalue weighted by Gasteiger charge is -2.07. The molecule has 0 aliphatic rings. The molecule has 0 atom stereocenters. The molecule has 0 unspecified atom stereocenters. The third kappa shape index (κ3) is 2.86. The van der Waals surface area contributed by atoms with Crippen LogP contribution in [0.1, 0.15) is 20.7 Å². The van der Waals surface area contributed by atoms with Gasteiger partial charge in [-0.1, -0.05) is 11.6 Å². The van der Waals surface area contributed by atoms with Crippen molar-refractivity contribution in [2.45, 2.75) is 0 Å². The molecule has 0 fully saturated rings. The molecule has 0 aliphatic heterocycles. The summed E-state index contributed by atoms with van der Waals surface area (Å²) in [4.78, 5) is 26.5. The van der Waals surface area contributed by atoms with E-state index in [2.05, 4.69) is 10.3 Å². The van der Waals surface area contributed by atoms with E-state index in [0.717, 1.165) is 6.07 Å². The molecule has 2 aromatic rings. The van der Waals surface area contributed by atoms with E-state index >= 15 is 0 Å². The van der Waals surface area contributed by atoms with Crippen LogP contribution in [-0.2, 0) is 0 Å². The van der Waals surface area contributed by atoms with Crippen molar-refractivity contribution in [3.8, 4) is 5.75 Å². The monoisotopic (exact) mass is 292 g/mol. The highest BCUT2D eigenvalue weighted by Crippen LogP contribution is 2.23. The molecule has 0 spiro atoms. The van der Waals surface area contributed by atoms with E-state index in [1.807, 2.05) is 0 Å². The number of aromatic nitrogens is 1. The highest BCUT2D eigenvalue weighted by Gasteiger charge is 2.13. The minimum Gasteiger partial charge on any atom is -0.507 e. The normalized spacial score (nSPS) is 10.1. The number of carbonyl (C=O) groups is 2. The molecular weight excluding hydrogens is 284 g/mol. The average Bonchev–Trinajstić information content (AvgIpc) is 2.38. The average molecular weight is 293 g/mol. The van der Waals surface area contributed by atoms with Crippen LogP contribution in [0.2, 0.25) is 5.15 Å². The third-order valence-corrected chi connectivity index (χ3v) is 2.79. The Morgan fingerprint density at radius 3 is 2.55 bits per heavy atom. The fourth-order valence-corrected chi connectivity index (χ4v) is 1.75. The number of hydrogen-bond acceptors (Lipinski definition) is 4. The first kappa shape index (κ1) is 13.8. The van der Waals surface area contributed by atoms with Crippen LogP contribution in [0.5, 0.6) is 5.75 Å². The van der Waals surface area contributed by atoms with E-state index in [1.165, 1.54) is 24.4 Å². The number of halogens is 1. The van der Waals surface area contributed by atoms with Gasteiger partial charge in [-0.25, -0.2) is 9.78 Å². The number of anilines is 1. The first-order chi connectivity index (χ1) is 9.49. The maximum absolute atomic E-state index is 11.9. The molecule has 0 saturated heterocycles. The fourth-order valence-electron chi connectivity index (χ4n) is 1.54. The Bertz CT molecular complexity index is 688. The summed E-state index contributed by atoms with van der Waals surface area (Å²) >= 11 is 5.78. The molecule has 1 aromatic carbocycles. The first-order valence-corrected chi connectivity index (χ1v) is 5.85. The molecule has 1 aromatic heterocycles. The molecule has 0 radical (unpaired) electrons. The molecule has 0 saturated carbocycles. The topological polar surface area (TPSA) is 99.5 Å². The summed E-state index contributed by atoms with van der Waals surface area (Å²) in [5.41, 5.74) is 0.177. The number of nitrogens with zero attached hydrogens (tertiary/aromatic N) is 1. The number of hydrogen-bond donors (Lipinski definition) is 3. The number of carboxylic acids is 1. The number of phenols is 1. The van der Waals surface area contributed by atoms with E-state index in [4.69, 9.17) is 16.7 Å². The summed E-state index contributed by atoms with van der Waals surface area (Å²) in [6, 6.07) is 6.76. The van der Waals surface area contributed by atoms with Gasteiger partial charge >= 0.3 is 5.97 Å². The van der Waals surface area contributed by atoms with Gasteiger partial charge in [0.05, 0.1) is 5.56 Å². The predicted octanol–water partition coefficient (Wildman–Crippen LogP) is 2.39. The van der Waals surface area contributed by atoms with Crippen molar-refractivity contribution >= 4 is 29.2 Å². The smallest absolute Gasteiger partial charge is 0.339 e. The summed E-state index contributed by atoms with van der Waals surface area (Å²) < 4.78 is 0. The fraction of sp³-hybridized carbons (Fsp3) is 0. The minimum atomic E-state index is -1.25. The van der Waals surface area contributed by atoms with Crippen LogP contribution < -0.4 is 5.32 Å². The van der Waals surface area contributed by atoms with Gasteiger partial charge in [0, 0.05) is 18.0 Å². The number of benzene rings is 1. The van der Waals surface area contributed by atoms with E-state index in [9.17, 15) is 14.7 Å². The van der Waals surface area contributed by atoms with Gasteiger partial charge in [-0.2, -0.15) is 0 Å². The lowest BCUT2D eigenvalue weighted by Crippen LogP contribution is -2.13. The Kier molecular flexibility index (Phi) is 3.86. The van der Waals surface area contributed by atoms with E-state index in [-0.39, 0.29) is 22.0 Å². The summed E-state index contributed by atoms with van der Waals surface area (Å²) in [5.74, 6) is -2.20. The standard InChI is InChI=1S/C13H9ClN2O4/c14-11-9(2-1-5-15-11)12(18)16-7-3-4-8(13(19)20)10(17)6-7/h1-6,17H,(H,16,18)(H,19,20). The summed E-state index contributed by atoms with van der Waals surface area (Å²) in [5, 5.41) is 20.9. The minimum absolute atomic E-state index is 0.0522. The van der Waals surface area contributed by atoms with Crippen molar-refractivity contribution in [1.29, 1.82) is 0 Å². The lowest BCUT2D eigenvalue weighted by atomic mass is 10.1. The molecule has 3 N–H and O–H groups in total. The number of aromatic carboxylic acids is 1. The first-order valence-electron chi connectivity index (χ1n) is 5.47. The Labute approximate surface area is 118 Å². The number of nitrogens with one attached hydrogen (secondary N) is 1. The summed E-state index contributed by atoms with van der Waals surface area (Å²) in [6.45, 7) is 0. The molecule has 6 nitrogen and oxygen atoms in total. The molecular formula is C13H9ClN2O4. The Balaban J connectivity index is 2.23. The highest BCUT2D eigenvalue weighted by molar-refractivity contribution is 6.33. The van der Waals surface area contributed by atoms with Gasteiger partial charge in [0.2, 0.25) is 0 Å². The van der Waals surface area contributed by atoms with Crippen molar-refractivity contribution < 1.29 is 19.8 Å². The van der Waals surface area contributed by atoms with Gasteiger partial charge in [-0.15, -0.1) is 0 Å². The number of carbonyl (C=O) groups excluding carboxylic acids is 1. The zero-order chi connectivity index (χ0) is 14.7. The van der Waals surface area contributed by atoms with Crippen LogP contribution in [0.15, 0.2) is 36.5 Å². The number of pyridine rings is 1. The third-order valence-electron chi connectivity index (χ3n) is 2.49. The van der Waals surface area contributed by atoms with Gasteiger partial charge in [-0.05, 0) is 24.3 Å². The quantitative estimate of drug-likeness (QED) is 0.754. The van der Waals surface area contributed by atoms with Crippen molar-refractivity contribution in [1.82, 2.24) is 4.98 Å². The zero-order valence-electron chi connectivity index (χ0n) is 10.0. The molecule has 102 valence electrons. The number of aromatic hydroxyl groups is 1. The Morgan fingerprint density at radius 2 is 1.95 bits per heavy atom. The maximum Gasteiger partial charge on any atom is 0.339 e. The van der Waals surface area contributed by atoms with Crippen LogP contribution >= 0.6 is 11.6 Å². The zero-order valence-corrected chi connectivity index (χ0v) is 10.8. The Hall–Kier alpha value is -2.60. The second kappa shape index (κ2) is 5.58. The van der Waals surface area contributed by atoms with Crippen LogP contribution in [0.3, 0.4) is 0 Å². The van der Waals surface area contributed by atoms with Crippen molar-refractivity contribution in [2.24, 2.45) is 0 Å². The predicted molar refractivity (Wildman–Crippen MR) is 72.3 cm³/mol. The van der Waals surface area contributed by atoms with Crippen molar-refractivity contribution in [3.05, 3.63) is 52.8 Å². The molecule has 7 heteroatoms. The number of amides is 1. The lowest BCUT2D eigenvalue weighted by molar-refractivity contribution is 0.0693.